The molecule has 0 bridgehead atoms. The van der Waals surface area contributed by atoms with Gasteiger partial charge in [-0.3, -0.25) is 20.4 Å². The van der Waals surface area contributed by atoms with Gasteiger partial charge in [0.1, 0.15) is 11.4 Å². The molecule has 0 aliphatic heterocycles. The standard InChI is InChI=1S/C19H18FN3O3/c1-11-13-6-4-5-7-16(13)26-17(11)19(25)22-21-18(24)12-8-9-15(23(2)3)14(20)10-12/h4-10H,1-3H3,(H,21,24)(H,22,25). The third-order valence-corrected chi connectivity index (χ3v) is 4.03. The average molecular weight is 355 g/mol. The van der Waals surface area contributed by atoms with Gasteiger partial charge in [-0.2, -0.15) is 0 Å². The van der Waals surface area contributed by atoms with Crippen LogP contribution in [0.25, 0.3) is 11.0 Å². The lowest BCUT2D eigenvalue weighted by Gasteiger charge is -2.14. The highest BCUT2D eigenvalue weighted by Crippen LogP contribution is 2.24. The van der Waals surface area contributed by atoms with Gasteiger partial charge < -0.3 is 9.32 Å². The molecule has 1 aromatic heterocycles. The van der Waals surface area contributed by atoms with Gasteiger partial charge in [0.2, 0.25) is 0 Å². The molecule has 0 radical (unpaired) electrons. The van der Waals surface area contributed by atoms with E-state index < -0.39 is 17.6 Å². The first-order chi connectivity index (χ1) is 12.4. The van der Waals surface area contributed by atoms with E-state index in [-0.39, 0.29) is 11.3 Å². The molecule has 2 aromatic carbocycles. The number of hydrazine groups is 1. The van der Waals surface area contributed by atoms with Crippen molar-refractivity contribution in [1.29, 1.82) is 0 Å². The summed E-state index contributed by atoms with van der Waals surface area (Å²) >= 11 is 0. The van der Waals surface area contributed by atoms with Crippen LogP contribution in [0.5, 0.6) is 0 Å². The maximum atomic E-state index is 14.0. The Morgan fingerprint density at radius 1 is 1.04 bits per heavy atom. The summed E-state index contributed by atoms with van der Waals surface area (Å²) in [5, 5.41) is 0.824. The van der Waals surface area contributed by atoms with E-state index >= 15 is 0 Å². The molecule has 0 saturated carbocycles. The van der Waals surface area contributed by atoms with Crippen LogP contribution in [0, 0.1) is 12.7 Å². The topological polar surface area (TPSA) is 74.6 Å². The summed E-state index contributed by atoms with van der Waals surface area (Å²) in [6.45, 7) is 1.76. The molecular weight excluding hydrogens is 337 g/mol. The van der Waals surface area contributed by atoms with E-state index in [0.29, 0.717) is 16.8 Å². The van der Waals surface area contributed by atoms with E-state index in [9.17, 15) is 14.0 Å². The van der Waals surface area contributed by atoms with E-state index in [2.05, 4.69) is 10.9 Å². The van der Waals surface area contributed by atoms with Gasteiger partial charge >= 0.3 is 5.91 Å². The SMILES string of the molecule is Cc1c(C(=O)NNC(=O)c2ccc(N(C)C)c(F)c2)oc2ccccc12. The molecule has 2 amide bonds. The number of furan rings is 1. The van der Waals surface area contributed by atoms with E-state index in [1.165, 1.54) is 12.1 Å². The number of carbonyl (C=O) groups excluding carboxylic acids is 2. The number of anilines is 1. The van der Waals surface area contributed by atoms with Crippen LogP contribution < -0.4 is 15.8 Å². The van der Waals surface area contributed by atoms with E-state index in [1.54, 1.807) is 38.1 Å². The zero-order valence-electron chi connectivity index (χ0n) is 14.6. The Hall–Kier alpha value is -3.35. The lowest BCUT2D eigenvalue weighted by atomic mass is 10.1. The quantitative estimate of drug-likeness (QED) is 0.708. The summed E-state index contributed by atoms with van der Waals surface area (Å²) in [7, 11) is 3.40. The van der Waals surface area contributed by atoms with Crippen molar-refractivity contribution < 1.29 is 18.4 Å². The number of benzene rings is 2. The molecule has 26 heavy (non-hydrogen) atoms. The summed E-state index contributed by atoms with van der Waals surface area (Å²) in [5.74, 6) is -1.63. The van der Waals surface area contributed by atoms with Crippen molar-refractivity contribution >= 4 is 28.5 Å². The molecule has 6 nitrogen and oxygen atoms in total. The molecule has 0 saturated heterocycles. The zero-order valence-corrected chi connectivity index (χ0v) is 14.6. The van der Waals surface area contributed by atoms with Crippen LogP contribution in [-0.4, -0.2) is 25.9 Å². The zero-order chi connectivity index (χ0) is 18.8. The number of carbonyl (C=O) groups is 2. The second-order valence-electron chi connectivity index (χ2n) is 6.02. The normalized spacial score (nSPS) is 10.6. The molecule has 3 aromatic rings. The van der Waals surface area contributed by atoms with Gasteiger partial charge in [-0.25, -0.2) is 4.39 Å². The molecule has 0 atom stereocenters. The molecule has 0 aliphatic rings. The summed E-state index contributed by atoms with van der Waals surface area (Å²) in [6, 6.07) is 11.3. The molecule has 3 rings (SSSR count). The Kier molecular flexibility index (Phi) is 4.62. The lowest BCUT2D eigenvalue weighted by molar-refractivity contribution is 0.0831. The molecule has 7 heteroatoms. The summed E-state index contributed by atoms with van der Waals surface area (Å²) in [5.41, 5.74) is 6.27. The van der Waals surface area contributed by atoms with Crippen molar-refractivity contribution in [1.82, 2.24) is 10.9 Å². The van der Waals surface area contributed by atoms with Crippen LogP contribution >= 0.6 is 0 Å². The molecule has 0 aliphatic carbocycles. The molecule has 2 N–H and O–H groups in total. The number of fused-ring (bicyclic) bond motifs is 1. The van der Waals surface area contributed by atoms with Gasteiger partial charge in [0.25, 0.3) is 5.91 Å². The first-order valence-electron chi connectivity index (χ1n) is 7.94. The smallest absolute Gasteiger partial charge is 0.305 e. The number of aryl methyl sites for hydroxylation is 1. The minimum absolute atomic E-state index is 0.0923. The van der Waals surface area contributed by atoms with Crippen LogP contribution in [0.4, 0.5) is 10.1 Å². The number of amides is 2. The summed E-state index contributed by atoms with van der Waals surface area (Å²) in [4.78, 5) is 26.0. The number of nitrogens with zero attached hydrogens (tertiary/aromatic N) is 1. The molecule has 0 spiro atoms. The molecular formula is C19H18FN3O3. The fourth-order valence-electron chi connectivity index (χ4n) is 2.64. The Labute approximate surface area is 149 Å². The van der Waals surface area contributed by atoms with Crippen molar-refractivity contribution in [3.05, 3.63) is 65.2 Å². The van der Waals surface area contributed by atoms with Crippen LogP contribution in [-0.2, 0) is 0 Å². The van der Waals surface area contributed by atoms with Crippen molar-refractivity contribution in [3.63, 3.8) is 0 Å². The third-order valence-electron chi connectivity index (χ3n) is 4.03. The van der Waals surface area contributed by atoms with Gasteiger partial charge in [0, 0.05) is 30.6 Å². The maximum Gasteiger partial charge on any atom is 0.305 e. The first kappa shape index (κ1) is 17.5. The van der Waals surface area contributed by atoms with Crippen LogP contribution in [0.2, 0.25) is 0 Å². The van der Waals surface area contributed by atoms with Crippen LogP contribution in [0.15, 0.2) is 46.9 Å². The van der Waals surface area contributed by atoms with Crippen molar-refractivity contribution in [2.24, 2.45) is 0 Å². The van der Waals surface area contributed by atoms with Gasteiger partial charge in [0.05, 0.1) is 5.69 Å². The third kappa shape index (κ3) is 3.23. The van der Waals surface area contributed by atoms with Crippen LogP contribution in [0.3, 0.4) is 0 Å². The molecule has 0 unspecified atom stereocenters. The fraction of sp³-hybridized carbons (Fsp3) is 0.158. The number of hydrogen-bond donors (Lipinski definition) is 2. The maximum absolute atomic E-state index is 14.0. The van der Waals surface area contributed by atoms with Crippen molar-refractivity contribution in [2.45, 2.75) is 6.92 Å². The van der Waals surface area contributed by atoms with Crippen molar-refractivity contribution in [2.75, 3.05) is 19.0 Å². The van der Waals surface area contributed by atoms with Gasteiger partial charge in [-0.1, -0.05) is 18.2 Å². The largest absolute Gasteiger partial charge is 0.451 e. The number of halogens is 1. The Bertz CT molecular complexity index is 995. The Morgan fingerprint density at radius 2 is 1.73 bits per heavy atom. The fourth-order valence-corrected chi connectivity index (χ4v) is 2.64. The monoisotopic (exact) mass is 355 g/mol. The highest BCUT2D eigenvalue weighted by atomic mass is 19.1. The number of para-hydroxylation sites is 1. The van der Waals surface area contributed by atoms with E-state index in [1.807, 2.05) is 12.1 Å². The van der Waals surface area contributed by atoms with E-state index in [0.717, 1.165) is 11.5 Å². The summed E-state index contributed by atoms with van der Waals surface area (Å²) in [6.07, 6.45) is 0. The molecule has 134 valence electrons. The minimum atomic E-state index is -0.628. The van der Waals surface area contributed by atoms with Crippen molar-refractivity contribution in [3.8, 4) is 0 Å². The molecule has 0 fully saturated rings. The van der Waals surface area contributed by atoms with Crippen LogP contribution in [0.1, 0.15) is 26.5 Å². The number of nitrogens with one attached hydrogen (secondary N) is 2. The first-order valence-corrected chi connectivity index (χ1v) is 7.94. The lowest BCUT2D eigenvalue weighted by Crippen LogP contribution is -2.41. The van der Waals surface area contributed by atoms with Gasteiger partial charge in [0.15, 0.2) is 5.76 Å². The predicted octanol–water partition coefficient (Wildman–Crippen LogP) is 3.02. The van der Waals surface area contributed by atoms with Gasteiger partial charge in [-0.15, -0.1) is 0 Å². The minimum Gasteiger partial charge on any atom is -0.451 e. The highest BCUT2D eigenvalue weighted by Gasteiger charge is 2.18. The Balaban J connectivity index is 1.71. The predicted molar refractivity (Wildman–Crippen MR) is 96.6 cm³/mol. The second kappa shape index (κ2) is 6.87. The van der Waals surface area contributed by atoms with Gasteiger partial charge in [-0.05, 0) is 31.2 Å². The number of rotatable bonds is 3. The Morgan fingerprint density at radius 3 is 2.38 bits per heavy atom. The molecule has 1 heterocycles. The number of hydrogen-bond acceptors (Lipinski definition) is 4. The summed E-state index contributed by atoms with van der Waals surface area (Å²) < 4.78 is 19.5. The second-order valence-corrected chi connectivity index (χ2v) is 6.02. The highest BCUT2D eigenvalue weighted by molar-refractivity contribution is 6.01. The van der Waals surface area contributed by atoms with E-state index in [4.69, 9.17) is 4.42 Å². The average Bonchev–Trinajstić information content (AvgIpc) is 2.96.